The molecule has 25 heavy (non-hydrogen) atoms. The van der Waals surface area contributed by atoms with E-state index in [-0.39, 0.29) is 6.04 Å². The van der Waals surface area contributed by atoms with Crippen LogP contribution in [0.25, 0.3) is 17.0 Å². The highest BCUT2D eigenvalue weighted by atomic mass is 79.9. The van der Waals surface area contributed by atoms with Crippen LogP contribution >= 0.6 is 15.9 Å². The van der Waals surface area contributed by atoms with Gasteiger partial charge in [0.05, 0.1) is 6.04 Å². The summed E-state index contributed by atoms with van der Waals surface area (Å²) in [4.78, 5) is 15.1. The Morgan fingerprint density at radius 2 is 1.84 bits per heavy atom. The van der Waals surface area contributed by atoms with Crippen molar-refractivity contribution in [2.45, 2.75) is 18.5 Å². The van der Waals surface area contributed by atoms with Gasteiger partial charge in [-0.05, 0) is 23.3 Å². The van der Waals surface area contributed by atoms with Crippen molar-refractivity contribution in [3.05, 3.63) is 75.9 Å². The third kappa shape index (κ3) is 3.01. The second kappa shape index (κ2) is 6.50. The van der Waals surface area contributed by atoms with Gasteiger partial charge in [-0.2, -0.15) is 0 Å². The van der Waals surface area contributed by atoms with Crippen molar-refractivity contribution in [3.63, 3.8) is 0 Å². The molecule has 0 aliphatic carbocycles. The molecule has 2 heterocycles. The Balaban J connectivity index is 1.82. The number of aromatic nitrogens is 1. The Morgan fingerprint density at radius 3 is 2.60 bits per heavy atom. The van der Waals surface area contributed by atoms with Crippen LogP contribution in [0.3, 0.4) is 0 Å². The molecular formula is C20H17BrN2O2. The Labute approximate surface area is 153 Å². The molecule has 126 valence electrons. The standard InChI is InChI=1S/C20H17BrN2O2/c21-15(10-12-6-2-1-3-7-12)19-18-14(11-17(23-19)20(24)25)13-8-4-5-9-16(13)22-18/h1-10,17,19,22-23H,11H2,(H,24,25)/b15-10-/t17-,19+/m0/s1. The maximum atomic E-state index is 11.6. The summed E-state index contributed by atoms with van der Waals surface area (Å²) in [5, 5.41) is 13.9. The number of carboxylic acid groups (broad SMARTS) is 1. The van der Waals surface area contributed by atoms with Gasteiger partial charge in [0.2, 0.25) is 0 Å². The van der Waals surface area contributed by atoms with Gasteiger partial charge in [-0.25, -0.2) is 0 Å². The molecule has 0 radical (unpaired) electrons. The van der Waals surface area contributed by atoms with E-state index in [9.17, 15) is 9.90 Å². The summed E-state index contributed by atoms with van der Waals surface area (Å²) in [5.41, 5.74) is 4.19. The number of H-pyrrole nitrogens is 1. The maximum absolute atomic E-state index is 11.6. The van der Waals surface area contributed by atoms with Crippen LogP contribution in [0.4, 0.5) is 0 Å². The molecule has 0 fully saturated rings. The number of fused-ring (bicyclic) bond motifs is 3. The number of aromatic amines is 1. The van der Waals surface area contributed by atoms with Crippen LogP contribution in [-0.4, -0.2) is 22.1 Å². The number of para-hydroxylation sites is 1. The zero-order chi connectivity index (χ0) is 17.4. The van der Waals surface area contributed by atoms with E-state index < -0.39 is 12.0 Å². The lowest BCUT2D eigenvalue weighted by Crippen LogP contribution is -2.44. The van der Waals surface area contributed by atoms with Gasteiger partial charge in [0.15, 0.2) is 0 Å². The van der Waals surface area contributed by atoms with Gasteiger partial charge in [0.1, 0.15) is 6.04 Å². The van der Waals surface area contributed by atoms with Crippen molar-refractivity contribution in [2.24, 2.45) is 0 Å². The average molecular weight is 397 g/mol. The summed E-state index contributed by atoms with van der Waals surface area (Å²) in [7, 11) is 0. The number of rotatable bonds is 3. The SMILES string of the molecule is O=C(O)[C@@H]1Cc2c([nH]c3ccccc23)[C@@H](/C(Br)=C/c2ccccc2)N1. The molecule has 0 amide bonds. The fourth-order valence-electron chi connectivity index (χ4n) is 3.40. The summed E-state index contributed by atoms with van der Waals surface area (Å²) in [6.07, 6.45) is 2.49. The van der Waals surface area contributed by atoms with Crippen molar-refractivity contribution in [1.29, 1.82) is 0 Å². The molecule has 2 aromatic carbocycles. The quantitative estimate of drug-likeness (QED) is 0.619. The third-order valence-electron chi connectivity index (χ3n) is 4.59. The Kier molecular flexibility index (Phi) is 4.19. The largest absolute Gasteiger partial charge is 0.480 e. The van der Waals surface area contributed by atoms with Gasteiger partial charge in [-0.1, -0.05) is 64.5 Å². The van der Waals surface area contributed by atoms with Crippen molar-refractivity contribution in [3.8, 4) is 0 Å². The predicted molar refractivity (Wildman–Crippen MR) is 103 cm³/mol. The van der Waals surface area contributed by atoms with Gasteiger partial charge in [0.25, 0.3) is 0 Å². The first-order chi connectivity index (χ1) is 12.1. The van der Waals surface area contributed by atoms with Crippen LogP contribution in [0.2, 0.25) is 0 Å². The first-order valence-corrected chi connectivity index (χ1v) is 8.93. The lowest BCUT2D eigenvalue weighted by molar-refractivity contribution is -0.139. The molecule has 1 aliphatic rings. The molecule has 0 bridgehead atoms. The highest BCUT2D eigenvalue weighted by molar-refractivity contribution is 9.11. The lowest BCUT2D eigenvalue weighted by atomic mass is 9.93. The van der Waals surface area contributed by atoms with Gasteiger partial charge in [-0.15, -0.1) is 0 Å². The van der Waals surface area contributed by atoms with Gasteiger partial charge in [0, 0.05) is 27.5 Å². The summed E-state index contributed by atoms with van der Waals surface area (Å²) in [6, 6.07) is 17.2. The van der Waals surface area contributed by atoms with Crippen LogP contribution in [0.5, 0.6) is 0 Å². The molecule has 3 aromatic rings. The van der Waals surface area contributed by atoms with Crippen molar-refractivity contribution in [1.82, 2.24) is 10.3 Å². The number of aliphatic carboxylic acids is 1. The van der Waals surface area contributed by atoms with Gasteiger partial charge < -0.3 is 10.1 Å². The van der Waals surface area contributed by atoms with E-state index in [1.807, 2.05) is 60.7 Å². The summed E-state index contributed by atoms with van der Waals surface area (Å²) >= 11 is 3.67. The minimum Gasteiger partial charge on any atom is -0.480 e. The van der Waals surface area contributed by atoms with Crippen LogP contribution in [0.1, 0.15) is 22.9 Å². The number of hydrogen-bond acceptors (Lipinski definition) is 2. The van der Waals surface area contributed by atoms with Crippen LogP contribution in [0.15, 0.2) is 59.1 Å². The topological polar surface area (TPSA) is 65.1 Å². The number of nitrogens with one attached hydrogen (secondary N) is 2. The molecule has 2 atom stereocenters. The molecule has 1 aliphatic heterocycles. The maximum Gasteiger partial charge on any atom is 0.321 e. The van der Waals surface area contributed by atoms with Gasteiger partial charge in [-0.3, -0.25) is 10.1 Å². The van der Waals surface area contributed by atoms with E-state index in [1.54, 1.807) is 0 Å². The first-order valence-electron chi connectivity index (χ1n) is 8.14. The summed E-state index contributed by atoms with van der Waals surface area (Å²) in [6.45, 7) is 0. The lowest BCUT2D eigenvalue weighted by Gasteiger charge is -2.29. The minimum absolute atomic E-state index is 0.225. The van der Waals surface area contributed by atoms with Crippen molar-refractivity contribution >= 4 is 38.9 Å². The number of benzene rings is 2. The number of carbonyl (C=O) groups is 1. The zero-order valence-electron chi connectivity index (χ0n) is 13.4. The summed E-state index contributed by atoms with van der Waals surface area (Å²) in [5.74, 6) is -0.832. The Bertz CT molecular complexity index is 962. The zero-order valence-corrected chi connectivity index (χ0v) is 15.0. The molecule has 0 saturated heterocycles. The molecule has 1 aromatic heterocycles. The van der Waals surface area contributed by atoms with E-state index in [4.69, 9.17) is 0 Å². The third-order valence-corrected chi connectivity index (χ3v) is 5.28. The second-order valence-electron chi connectivity index (χ2n) is 6.20. The summed E-state index contributed by atoms with van der Waals surface area (Å²) < 4.78 is 0.900. The van der Waals surface area contributed by atoms with E-state index >= 15 is 0 Å². The smallest absolute Gasteiger partial charge is 0.321 e. The minimum atomic E-state index is -0.832. The van der Waals surface area contributed by atoms with E-state index in [0.717, 1.165) is 32.2 Å². The molecule has 0 unspecified atom stereocenters. The molecular weight excluding hydrogens is 380 g/mol. The number of carboxylic acids is 1. The highest BCUT2D eigenvalue weighted by Crippen LogP contribution is 2.37. The highest BCUT2D eigenvalue weighted by Gasteiger charge is 2.34. The van der Waals surface area contributed by atoms with Crippen LogP contribution in [-0.2, 0) is 11.2 Å². The van der Waals surface area contributed by atoms with E-state index in [2.05, 4.69) is 26.2 Å². The van der Waals surface area contributed by atoms with Crippen LogP contribution in [0, 0.1) is 0 Å². The molecule has 0 spiro atoms. The number of halogens is 1. The van der Waals surface area contributed by atoms with Crippen molar-refractivity contribution < 1.29 is 9.90 Å². The normalized spacial score (nSPS) is 20.4. The van der Waals surface area contributed by atoms with E-state index in [1.165, 1.54) is 0 Å². The fraction of sp³-hybridized carbons (Fsp3) is 0.150. The monoisotopic (exact) mass is 396 g/mol. The second-order valence-corrected chi connectivity index (χ2v) is 7.11. The first kappa shape index (κ1) is 16.1. The molecule has 5 heteroatoms. The van der Waals surface area contributed by atoms with Crippen LogP contribution < -0.4 is 5.32 Å². The fourth-order valence-corrected chi connectivity index (χ4v) is 4.03. The molecule has 3 N–H and O–H groups in total. The Morgan fingerprint density at radius 1 is 1.12 bits per heavy atom. The molecule has 4 nitrogen and oxygen atoms in total. The molecule has 0 saturated carbocycles. The average Bonchev–Trinajstić information content (AvgIpc) is 3.00. The molecule has 4 rings (SSSR count). The predicted octanol–water partition coefficient (Wildman–Crippen LogP) is 4.24. The van der Waals surface area contributed by atoms with Crippen molar-refractivity contribution in [2.75, 3.05) is 0 Å². The number of hydrogen-bond donors (Lipinski definition) is 3. The van der Waals surface area contributed by atoms with Gasteiger partial charge >= 0.3 is 5.97 Å². The Hall–Kier alpha value is -2.37. The van der Waals surface area contributed by atoms with E-state index in [0.29, 0.717) is 6.42 Å².